The molecule has 0 bridgehead atoms. The van der Waals surface area contributed by atoms with Gasteiger partial charge in [-0.15, -0.1) is 0 Å². The zero-order valence-corrected chi connectivity index (χ0v) is 16.0. The van der Waals surface area contributed by atoms with Crippen molar-refractivity contribution in [1.29, 1.82) is 0 Å². The molecule has 2 N–H and O–H groups in total. The maximum atomic E-state index is 12.4. The molecule has 0 aliphatic heterocycles. The Morgan fingerprint density at radius 3 is 2.39 bits per heavy atom. The van der Waals surface area contributed by atoms with Crippen molar-refractivity contribution < 1.29 is 22.7 Å². The monoisotopic (exact) mass is 395 g/mol. The Kier molecular flexibility index (Phi) is 6.88. The number of benzene rings is 1. The number of amides is 2. The SMILES string of the molecule is CC(C)(C)C(NC(=O)NCc1cccnc1OCC(F)(F)F)c1ccccc1. The normalized spacial score (nSPS) is 12.9. The van der Waals surface area contributed by atoms with Crippen LogP contribution in [0.5, 0.6) is 5.88 Å². The molecule has 1 unspecified atom stereocenters. The van der Waals surface area contributed by atoms with Gasteiger partial charge < -0.3 is 15.4 Å². The topological polar surface area (TPSA) is 63.2 Å². The highest BCUT2D eigenvalue weighted by Crippen LogP contribution is 2.32. The van der Waals surface area contributed by atoms with Gasteiger partial charge >= 0.3 is 12.2 Å². The summed E-state index contributed by atoms with van der Waals surface area (Å²) in [4.78, 5) is 16.2. The molecule has 28 heavy (non-hydrogen) atoms. The second-order valence-corrected chi connectivity index (χ2v) is 7.41. The van der Waals surface area contributed by atoms with Crippen molar-refractivity contribution in [3.63, 3.8) is 0 Å². The third-order valence-electron chi connectivity index (χ3n) is 3.94. The molecule has 0 aliphatic carbocycles. The number of carbonyl (C=O) groups excluding carboxylic acids is 1. The Morgan fingerprint density at radius 2 is 1.79 bits per heavy atom. The summed E-state index contributed by atoms with van der Waals surface area (Å²) >= 11 is 0. The highest BCUT2D eigenvalue weighted by Gasteiger charge is 2.29. The van der Waals surface area contributed by atoms with E-state index in [1.165, 1.54) is 6.20 Å². The van der Waals surface area contributed by atoms with Crippen molar-refractivity contribution in [2.45, 2.75) is 39.5 Å². The molecule has 1 atom stereocenters. The number of aromatic nitrogens is 1. The summed E-state index contributed by atoms with van der Waals surface area (Å²) in [5.41, 5.74) is 1.07. The van der Waals surface area contributed by atoms with Crippen LogP contribution in [0.4, 0.5) is 18.0 Å². The van der Waals surface area contributed by atoms with Gasteiger partial charge in [0.25, 0.3) is 0 Å². The summed E-state index contributed by atoms with van der Waals surface area (Å²) in [6, 6.07) is 12.0. The van der Waals surface area contributed by atoms with Crippen LogP contribution < -0.4 is 15.4 Å². The van der Waals surface area contributed by atoms with Gasteiger partial charge in [-0.25, -0.2) is 9.78 Å². The maximum Gasteiger partial charge on any atom is 0.422 e. The van der Waals surface area contributed by atoms with E-state index in [1.54, 1.807) is 12.1 Å². The zero-order valence-electron chi connectivity index (χ0n) is 16.0. The molecule has 0 radical (unpaired) electrons. The standard InChI is InChI=1S/C20H24F3N3O2/c1-19(2,3)16(14-8-5-4-6-9-14)26-18(27)25-12-15-10-7-11-24-17(15)28-13-20(21,22)23/h4-11,16H,12-13H2,1-3H3,(H2,25,26,27). The molecule has 1 aromatic carbocycles. The van der Waals surface area contributed by atoms with Crippen molar-refractivity contribution in [2.24, 2.45) is 5.41 Å². The van der Waals surface area contributed by atoms with E-state index >= 15 is 0 Å². The lowest BCUT2D eigenvalue weighted by Gasteiger charge is -2.32. The Labute approximate surface area is 162 Å². The van der Waals surface area contributed by atoms with Crippen molar-refractivity contribution in [3.8, 4) is 5.88 Å². The van der Waals surface area contributed by atoms with Gasteiger partial charge in [-0.1, -0.05) is 57.2 Å². The molecule has 0 spiro atoms. The van der Waals surface area contributed by atoms with Crippen LogP contribution in [-0.4, -0.2) is 23.8 Å². The number of ether oxygens (including phenoxy) is 1. The molecule has 0 aliphatic rings. The number of pyridine rings is 1. The minimum atomic E-state index is -4.46. The average molecular weight is 395 g/mol. The first-order chi connectivity index (χ1) is 13.1. The molecule has 0 saturated carbocycles. The third-order valence-corrected chi connectivity index (χ3v) is 3.94. The summed E-state index contributed by atoms with van der Waals surface area (Å²) < 4.78 is 41.8. The summed E-state index contributed by atoms with van der Waals surface area (Å²) in [6.45, 7) is 4.57. The molecule has 5 nitrogen and oxygen atoms in total. The third kappa shape index (κ3) is 6.75. The molecule has 2 rings (SSSR count). The fraction of sp³-hybridized carbons (Fsp3) is 0.400. The molecule has 2 amide bonds. The largest absolute Gasteiger partial charge is 0.468 e. The lowest BCUT2D eigenvalue weighted by Crippen LogP contribution is -2.42. The smallest absolute Gasteiger partial charge is 0.422 e. The predicted octanol–water partition coefficient (Wildman–Crippen LogP) is 4.61. The van der Waals surface area contributed by atoms with E-state index < -0.39 is 18.8 Å². The minimum Gasteiger partial charge on any atom is -0.468 e. The fourth-order valence-corrected chi connectivity index (χ4v) is 2.64. The molecule has 1 aromatic heterocycles. The molecule has 8 heteroatoms. The van der Waals surface area contributed by atoms with E-state index in [0.29, 0.717) is 5.56 Å². The van der Waals surface area contributed by atoms with Crippen LogP contribution in [0.2, 0.25) is 0 Å². The Bertz CT molecular complexity index is 774. The number of nitrogens with one attached hydrogen (secondary N) is 2. The maximum absolute atomic E-state index is 12.4. The van der Waals surface area contributed by atoms with E-state index in [1.807, 2.05) is 51.1 Å². The molecule has 2 aromatic rings. The van der Waals surface area contributed by atoms with Gasteiger partial charge in [0.1, 0.15) is 0 Å². The van der Waals surface area contributed by atoms with Gasteiger partial charge in [-0.2, -0.15) is 13.2 Å². The van der Waals surface area contributed by atoms with Gasteiger partial charge in [0.15, 0.2) is 6.61 Å². The molecule has 152 valence electrons. The number of hydrogen-bond acceptors (Lipinski definition) is 3. The van der Waals surface area contributed by atoms with Crippen molar-refractivity contribution in [1.82, 2.24) is 15.6 Å². The molecular weight excluding hydrogens is 371 g/mol. The zero-order chi connectivity index (χ0) is 20.8. The fourth-order valence-electron chi connectivity index (χ4n) is 2.64. The van der Waals surface area contributed by atoms with Crippen LogP contribution >= 0.6 is 0 Å². The number of nitrogens with zero attached hydrogens (tertiary/aromatic N) is 1. The first kappa shape index (κ1) is 21.5. The van der Waals surface area contributed by atoms with Gasteiger partial charge in [0, 0.05) is 18.3 Å². The first-order valence-electron chi connectivity index (χ1n) is 8.79. The van der Waals surface area contributed by atoms with Crippen molar-refractivity contribution >= 4 is 6.03 Å². The van der Waals surface area contributed by atoms with Gasteiger partial charge in [0.05, 0.1) is 6.04 Å². The van der Waals surface area contributed by atoms with E-state index in [4.69, 9.17) is 4.74 Å². The Balaban J connectivity index is 2.02. The molecular formula is C20H24F3N3O2. The van der Waals surface area contributed by atoms with Crippen LogP contribution in [0.25, 0.3) is 0 Å². The quantitative estimate of drug-likeness (QED) is 0.751. The van der Waals surface area contributed by atoms with E-state index in [-0.39, 0.29) is 23.9 Å². The number of rotatable bonds is 6. The van der Waals surface area contributed by atoms with Crippen LogP contribution in [-0.2, 0) is 6.54 Å². The van der Waals surface area contributed by atoms with E-state index in [2.05, 4.69) is 15.6 Å². The first-order valence-corrected chi connectivity index (χ1v) is 8.79. The molecule has 0 saturated heterocycles. The number of alkyl halides is 3. The highest BCUT2D eigenvalue weighted by molar-refractivity contribution is 5.74. The number of urea groups is 1. The van der Waals surface area contributed by atoms with Crippen LogP contribution in [0.3, 0.4) is 0 Å². The Hall–Kier alpha value is -2.77. The number of halogens is 3. The highest BCUT2D eigenvalue weighted by atomic mass is 19.4. The average Bonchev–Trinajstić information content (AvgIpc) is 2.62. The Morgan fingerprint density at radius 1 is 1.11 bits per heavy atom. The summed E-state index contributed by atoms with van der Waals surface area (Å²) in [5, 5.41) is 5.59. The number of carbonyl (C=O) groups is 1. The van der Waals surface area contributed by atoms with E-state index in [9.17, 15) is 18.0 Å². The second-order valence-electron chi connectivity index (χ2n) is 7.41. The summed E-state index contributed by atoms with van der Waals surface area (Å²) in [7, 11) is 0. The van der Waals surface area contributed by atoms with Gasteiger partial charge in [0.2, 0.25) is 5.88 Å². The summed E-state index contributed by atoms with van der Waals surface area (Å²) in [6.07, 6.45) is -3.13. The minimum absolute atomic E-state index is 0.0154. The summed E-state index contributed by atoms with van der Waals surface area (Å²) in [5.74, 6) is -0.157. The lowest BCUT2D eigenvalue weighted by molar-refractivity contribution is -0.154. The van der Waals surface area contributed by atoms with Crippen molar-refractivity contribution in [2.75, 3.05) is 6.61 Å². The van der Waals surface area contributed by atoms with Crippen LogP contribution in [0.15, 0.2) is 48.7 Å². The molecule has 1 heterocycles. The predicted molar refractivity (Wildman–Crippen MR) is 99.8 cm³/mol. The second kappa shape index (κ2) is 8.95. The molecule has 0 fully saturated rings. The van der Waals surface area contributed by atoms with E-state index in [0.717, 1.165) is 5.56 Å². The van der Waals surface area contributed by atoms with Gasteiger partial charge in [-0.05, 0) is 17.0 Å². The van der Waals surface area contributed by atoms with Crippen LogP contribution in [0.1, 0.15) is 37.9 Å². The van der Waals surface area contributed by atoms with Gasteiger partial charge in [-0.3, -0.25) is 0 Å². The van der Waals surface area contributed by atoms with Crippen molar-refractivity contribution in [3.05, 3.63) is 59.8 Å². The number of hydrogen-bond donors (Lipinski definition) is 2. The lowest BCUT2D eigenvalue weighted by atomic mass is 9.82. The van der Waals surface area contributed by atoms with Crippen LogP contribution in [0, 0.1) is 5.41 Å².